The van der Waals surface area contributed by atoms with Crippen molar-refractivity contribution in [2.24, 2.45) is 5.92 Å². The Balaban J connectivity index is 2.81. The van der Waals surface area contributed by atoms with Crippen LogP contribution >= 0.6 is 0 Å². The first-order chi connectivity index (χ1) is 4.72. The van der Waals surface area contributed by atoms with E-state index in [1.165, 1.54) is 6.08 Å². The van der Waals surface area contributed by atoms with Gasteiger partial charge in [0.1, 0.15) is 0 Å². The van der Waals surface area contributed by atoms with E-state index in [4.69, 9.17) is 0 Å². The first kappa shape index (κ1) is 7.23. The molecule has 0 heterocycles. The Labute approximate surface area is 58.6 Å². The lowest BCUT2D eigenvalue weighted by Crippen LogP contribution is -2.09. The maximum absolute atomic E-state index is 12.0. The predicted molar refractivity (Wildman–Crippen MR) is 35.9 cm³/mol. The second kappa shape index (κ2) is 2.80. The molecular formula is C8H8F2. The van der Waals surface area contributed by atoms with Gasteiger partial charge in [-0.25, -0.2) is 8.78 Å². The monoisotopic (exact) mass is 142 g/mol. The van der Waals surface area contributed by atoms with Crippen LogP contribution in [0.5, 0.6) is 0 Å². The van der Waals surface area contributed by atoms with E-state index in [2.05, 4.69) is 5.73 Å². The number of halogens is 2. The van der Waals surface area contributed by atoms with Crippen LogP contribution in [0.15, 0.2) is 29.5 Å². The first-order valence-electron chi connectivity index (χ1n) is 3.10. The van der Waals surface area contributed by atoms with Crippen molar-refractivity contribution in [2.45, 2.75) is 13.3 Å². The molecule has 2 heteroatoms. The highest BCUT2D eigenvalue weighted by atomic mass is 19.3. The quantitative estimate of drug-likeness (QED) is 0.493. The maximum Gasteiger partial charge on any atom is 0.249 e. The van der Waals surface area contributed by atoms with Crippen LogP contribution in [0.4, 0.5) is 8.78 Å². The van der Waals surface area contributed by atoms with E-state index in [1.807, 2.05) is 0 Å². The van der Waals surface area contributed by atoms with Gasteiger partial charge in [-0.1, -0.05) is 12.2 Å². The normalized spacial score (nSPS) is 23.6. The molecule has 1 atom stereocenters. The number of allylic oxidation sites excluding steroid dienone is 3. The maximum atomic E-state index is 12.0. The van der Waals surface area contributed by atoms with E-state index in [-0.39, 0.29) is 0 Å². The summed E-state index contributed by atoms with van der Waals surface area (Å²) in [6.07, 6.45) is 2.45. The van der Waals surface area contributed by atoms with Gasteiger partial charge in [0, 0.05) is 0 Å². The molecule has 0 amide bonds. The molecule has 1 aliphatic rings. The smallest absolute Gasteiger partial charge is 0.209 e. The van der Waals surface area contributed by atoms with Crippen molar-refractivity contribution < 1.29 is 8.78 Å². The summed E-state index contributed by atoms with van der Waals surface area (Å²) in [4.78, 5) is 0. The zero-order valence-electron chi connectivity index (χ0n) is 5.64. The highest BCUT2D eigenvalue weighted by Gasteiger charge is 2.19. The Hall–Kier alpha value is -0.880. The molecule has 10 heavy (non-hydrogen) atoms. The van der Waals surface area contributed by atoms with Crippen LogP contribution in [0.25, 0.3) is 0 Å². The molecule has 0 spiro atoms. The summed E-state index contributed by atoms with van der Waals surface area (Å²) >= 11 is 0. The summed E-state index contributed by atoms with van der Waals surface area (Å²) in [7, 11) is 0. The van der Waals surface area contributed by atoms with Gasteiger partial charge < -0.3 is 0 Å². The fourth-order valence-electron chi connectivity index (χ4n) is 0.868. The van der Waals surface area contributed by atoms with E-state index < -0.39 is 12.3 Å². The Kier molecular flexibility index (Phi) is 2.03. The molecule has 0 fully saturated rings. The Morgan fingerprint density at radius 1 is 1.60 bits per heavy atom. The van der Waals surface area contributed by atoms with Crippen LogP contribution in [0.3, 0.4) is 0 Å². The molecule has 0 aliphatic heterocycles. The third-order valence-electron chi connectivity index (χ3n) is 1.50. The summed E-state index contributed by atoms with van der Waals surface area (Å²) < 4.78 is 24.1. The lowest BCUT2D eigenvalue weighted by atomic mass is 9.99. The van der Waals surface area contributed by atoms with Crippen molar-refractivity contribution in [3.8, 4) is 0 Å². The summed E-state index contributed by atoms with van der Waals surface area (Å²) in [5.74, 6) is -0.718. The second-order valence-corrected chi connectivity index (χ2v) is 2.24. The van der Waals surface area contributed by atoms with Gasteiger partial charge in [0.15, 0.2) is 0 Å². The van der Waals surface area contributed by atoms with Gasteiger partial charge in [-0.3, -0.25) is 0 Å². The molecule has 1 unspecified atom stereocenters. The fourth-order valence-corrected chi connectivity index (χ4v) is 0.868. The van der Waals surface area contributed by atoms with Crippen LogP contribution in [-0.4, -0.2) is 6.43 Å². The summed E-state index contributed by atoms with van der Waals surface area (Å²) in [6, 6.07) is 0. The van der Waals surface area contributed by atoms with Crippen LogP contribution < -0.4 is 0 Å². The van der Waals surface area contributed by atoms with E-state index in [0.717, 1.165) is 0 Å². The van der Waals surface area contributed by atoms with Gasteiger partial charge in [-0.05, 0) is 18.6 Å². The van der Waals surface area contributed by atoms with Gasteiger partial charge in [0.25, 0.3) is 0 Å². The van der Waals surface area contributed by atoms with Gasteiger partial charge in [0.05, 0.1) is 5.92 Å². The van der Waals surface area contributed by atoms with Crippen molar-refractivity contribution in [3.05, 3.63) is 29.5 Å². The third kappa shape index (κ3) is 1.34. The summed E-state index contributed by atoms with van der Waals surface area (Å²) in [5.41, 5.74) is 3.35. The van der Waals surface area contributed by atoms with E-state index >= 15 is 0 Å². The average molecular weight is 142 g/mol. The van der Waals surface area contributed by atoms with E-state index in [0.29, 0.717) is 5.57 Å². The number of hydrogen-bond acceptors (Lipinski definition) is 0. The van der Waals surface area contributed by atoms with Crippen molar-refractivity contribution in [1.29, 1.82) is 0 Å². The minimum Gasteiger partial charge on any atom is -0.209 e. The molecule has 0 aromatic rings. The number of rotatable bonds is 1. The van der Waals surface area contributed by atoms with Crippen molar-refractivity contribution in [2.75, 3.05) is 0 Å². The van der Waals surface area contributed by atoms with E-state index in [9.17, 15) is 8.78 Å². The standard InChI is InChI=1S/C8H8F2/c1-6-4-2-3-5-7(6)8(9)10/h2-3,5,7-8H,1H3. The minimum absolute atomic E-state index is 0.609. The SMILES string of the molecule is CC1=C=CC=CC1C(F)F. The number of alkyl halides is 2. The zero-order chi connectivity index (χ0) is 7.56. The molecule has 0 aromatic carbocycles. The Bertz CT molecular complexity index is 207. The second-order valence-electron chi connectivity index (χ2n) is 2.24. The fraction of sp³-hybridized carbons (Fsp3) is 0.375. The Morgan fingerprint density at radius 3 is 2.70 bits per heavy atom. The topological polar surface area (TPSA) is 0 Å². The van der Waals surface area contributed by atoms with Gasteiger partial charge in [-0.2, -0.15) is 0 Å². The van der Waals surface area contributed by atoms with Gasteiger partial charge >= 0.3 is 0 Å². The van der Waals surface area contributed by atoms with Crippen LogP contribution in [0.1, 0.15) is 6.92 Å². The molecule has 1 rings (SSSR count). The highest BCUT2D eigenvalue weighted by Crippen LogP contribution is 2.21. The molecular weight excluding hydrogens is 134 g/mol. The lowest BCUT2D eigenvalue weighted by Gasteiger charge is -2.11. The van der Waals surface area contributed by atoms with Crippen LogP contribution in [0.2, 0.25) is 0 Å². The van der Waals surface area contributed by atoms with Crippen LogP contribution in [0, 0.1) is 5.92 Å². The molecule has 1 aliphatic carbocycles. The molecule has 0 saturated carbocycles. The zero-order valence-corrected chi connectivity index (χ0v) is 5.64. The van der Waals surface area contributed by atoms with Gasteiger partial charge in [-0.15, -0.1) is 5.73 Å². The summed E-state index contributed by atoms with van der Waals surface area (Å²) in [5, 5.41) is 0. The Morgan fingerprint density at radius 2 is 2.30 bits per heavy atom. The van der Waals surface area contributed by atoms with Crippen LogP contribution in [-0.2, 0) is 0 Å². The van der Waals surface area contributed by atoms with Gasteiger partial charge in [0.2, 0.25) is 6.43 Å². The summed E-state index contributed by atoms with van der Waals surface area (Å²) in [6.45, 7) is 1.66. The molecule has 0 bridgehead atoms. The van der Waals surface area contributed by atoms with Crippen molar-refractivity contribution in [1.82, 2.24) is 0 Å². The highest BCUT2D eigenvalue weighted by molar-refractivity contribution is 5.21. The van der Waals surface area contributed by atoms with E-state index in [1.54, 1.807) is 19.1 Å². The predicted octanol–water partition coefficient (Wildman–Crippen LogP) is 2.54. The average Bonchev–Trinajstić information content (AvgIpc) is 1.88. The molecule has 0 N–H and O–H groups in total. The molecule has 0 aromatic heterocycles. The number of hydrogen-bond donors (Lipinski definition) is 0. The van der Waals surface area contributed by atoms with Crippen molar-refractivity contribution >= 4 is 0 Å². The first-order valence-corrected chi connectivity index (χ1v) is 3.10. The molecule has 0 saturated heterocycles. The van der Waals surface area contributed by atoms with Crippen molar-refractivity contribution in [3.63, 3.8) is 0 Å². The molecule has 54 valence electrons. The largest absolute Gasteiger partial charge is 0.249 e. The minimum atomic E-state index is -2.29. The molecule has 0 nitrogen and oxygen atoms in total. The third-order valence-corrected chi connectivity index (χ3v) is 1.50. The molecule has 0 radical (unpaired) electrons. The lowest BCUT2D eigenvalue weighted by molar-refractivity contribution is 0.115.